The molecule has 0 fully saturated rings. The van der Waals surface area contributed by atoms with Crippen molar-refractivity contribution in [3.05, 3.63) is 77.9 Å². The molecular formula is C29H35N3O5. The van der Waals surface area contributed by atoms with Crippen LogP contribution in [0.15, 0.2) is 65.2 Å². The molecule has 2 N–H and O–H groups in total. The molecule has 8 nitrogen and oxygen atoms in total. The Bertz CT molecular complexity index is 1310. The average molecular weight is 506 g/mol. The van der Waals surface area contributed by atoms with E-state index in [0.29, 0.717) is 24.0 Å². The summed E-state index contributed by atoms with van der Waals surface area (Å²) >= 11 is 0. The lowest BCUT2D eigenvalue weighted by atomic mass is 9.99. The van der Waals surface area contributed by atoms with E-state index in [1.54, 1.807) is 0 Å². The van der Waals surface area contributed by atoms with Crippen LogP contribution < -0.4 is 5.32 Å². The SMILES string of the molecule is CC[C@H](C)[C@H](NC(=O)OC(C)(C)C)c1nc(COOCc2ccccc2)c(-c2c[nH]c3ccccc23)o1. The highest BCUT2D eigenvalue weighted by molar-refractivity contribution is 5.94. The van der Waals surface area contributed by atoms with Crippen LogP contribution in [0.4, 0.5) is 4.79 Å². The third kappa shape index (κ3) is 6.78. The van der Waals surface area contributed by atoms with Crippen molar-refractivity contribution in [2.75, 3.05) is 0 Å². The number of H-pyrrole nitrogens is 1. The second kappa shape index (κ2) is 11.6. The first-order valence-corrected chi connectivity index (χ1v) is 12.6. The fraction of sp³-hybridized carbons (Fsp3) is 0.379. The summed E-state index contributed by atoms with van der Waals surface area (Å²) in [5.41, 5.74) is 2.79. The van der Waals surface area contributed by atoms with E-state index >= 15 is 0 Å². The number of hydrogen-bond donors (Lipinski definition) is 2. The number of alkyl carbamates (subject to hydrolysis) is 1. The molecule has 8 heteroatoms. The molecule has 2 aromatic heterocycles. The second-order valence-corrected chi connectivity index (χ2v) is 10.1. The smallest absolute Gasteiger partial charge is 0.408 e. The van der Waals surface area contributed by atoms with Gasteiger partial charge in [0.15, 0.2) is 5.76 Å². The van der Waals surface area contributed by atoms with Crippen LogP contribution in [0.1, 0.15) is 64.2 Å². The topological polar surface area (TPSA) is 98.6 Å². The first-order valence-electron chi connectivity index (χ1n) is 12.6. The van der Waals surface area contributed by atoms with Crippen molar-refractivity contribution in [1.82, 2.24) is 15.3 Å². The number of ether oxygens (including phenoxy) is 1. The second-order valence-electron chi connectivity index (χ2n) is 10.1. The van der Waals surface area contributed by atoms with Crippen molar-refractivity contribution < 1.29 is 23.7 Å². The van der Waals surface area contributed by atoms with E-state index in [1.165, 1.54) is 0 Å². The third-order valence-electron chi connectivity index (χ3n) is 6.05. The highest BCUT2D eigenvalue weighted by atomic mass is 17.2. The van der Waals surface area contributed by atoms with E-state index in [2.05, 4.69) is 17.2 Å². The van der Waals surface area contributed by atoms with Gasteiger partial charge in [-0.1, -0.05) is 68.8 Å². The highest BCUT2D eigenvalue weighted by Crippen LogP contribution is 2.35. The summed E-state index contributed by atoms with van der Waals surface area (Å²) in [6.07, 6.45) is 2.17. The van der Waals surface area contributed by atoms with Gasteiger partial charge in [-0.2, -0.15) is 0 Å². The quantitative estimate of drug-likeness (QED) is 0.136. The molecule has 0 spiro atoms. The molecule has 0 aliphatic heterocycles. The number of hydrogen-bond acceptors (Lipinski definition) is 6. The Kier molecular flexibility index (Phi) is 8.31. The Morgan fingerprint density at radius 3 is 2.49 bits per heavy atom. The zero-order valence-corrected chi connectivity index (χ0v) is 22.0. The van der Waals surface area contributed by atoms with E-state index in [1.807, 2.05) is 88.5 Å². The van der Waals surface area contributed by atoms with Gasteiger partial charge in [0, 0.05) is 22.7 Å². The first-order chi connectivity index (χ1) is 17.7. The van der Waals surface area contributed by atoms with Gasteiger partial charge in [0.25, 0.3) is 0 Å². The number of oxazole rings is 1. The minimum atomic E-state index is -0.620. The first kappa shape index (κ1) is 26.4. The maximum atomic E-state index is 12.7. The van der Waals surface area contributed by atoms with Crippen molar-refractivity contribution in [2.45, 2.75) is 65.9 Å². The van der Waals surface area contributed by atoms with Crippen LogP contribution in [-0.2, 0) is 27.7 Å². The summed E-state index contributed by atoms with van der Waals surface area (Å²) in [7, 11) is 0. The molecule has 0 radical (unpaired) electrons. The largest absolute Gasteiger partial charge is 0.444 e. The van der Waals surface area contributed by atoms with Gasteiger partial charge in [-0.25, -0.2) is 19.6 Å². The normalized spacial score (nSPS) is 13.4. The van der Waals surface area contributed by atoms with Crippen LogP contribution in [0.3, 0.4) is 0 Å². The summed E-state index contributed by atoms with van der Waals surface area (Å²) in [5, 5.41) is 3.95. The molecule has 37 heavy (non-hydrogen) atoms. The fourth-order valence-electron chi connectivity index (χ4n) is 3.97. The van der Waals surface area contributed by atoms with Crippen molar-refractivity contribution in [1.29, 1.82) is 0 Å². The van der Waals surface area contributed by atoms with Crippen LogP contribution in [0.5, 0.6) is 0 Å². The van der Waals surface area contributed by atoms with Gasteiger partial charge in [0.2, 0.25) is 5.89 Å². The number of aromatic nitrogens is 2. The van der Waals surface area contributed by atoms with Crippen molar-refractivity contribution in [3.8, 4) is 11.3 Å². The van der Waals surface area contributed by atoms with E-state index in [9.17, 15) is 4.79 Å². The molecule has 2 heterocycles. The number of aromatic amines is 1. The minimum Gasteiger partial charge on any atom is -0.444 e. The number of carbonyl (C=O) groups excluding carboxylic acids is 1. The molecule has 2 atom stereocenters. The Labute approximate surface area is 217 Å². The molecule has 0 saturated heterocycles. The number of fused-ring (bicyclic) bond motifs is 1. The zero-order chi connectivity index (χ0) is 26.4. The molecule has 2 aromatic carbocycles. The van der Waals surface area contributed by atoms with Gasteiger partial charge in [-0.05, 0) is 38.3 Å². The summed E-state index contributed by atoms with van der Waals surface area (Å²) in [6.45, 7) is 9.96. The number of carbonyl (C=O) groups is 1. The summed E-state index contributed by atoms with van der Waals surface area (Å²) in [6, 6.07) is 17.3. The predicted molar refractivity (Wildman–Crippen MR) is 141 cm³/mol. The summed E-state index contributed by atoms with van der Waals surface area (Å²) in [5.74, 6) is 1.00. The standard InChI is InChI=1S/C29H35N3O5/c1-6-19(2)25(32-28(33)37-29(3,4)5)27-31-24(18-35-34-17-20-12-8-7-9-13-20)26(36-27)22-16-30-23-15-11-10-14-21(22)23/h7-16,19,25,30H,6,17-18H2,1-5H3,(H,32,33)/t19-,25-/m0/s1. The van der Waals surface area contributed by atoms with E-state index in [4.69, 9.17) is 23.9 Å². The van der Waals surface area contributed by atoms with Gasteiger partial charge in [-0.15, -0.1) is 0 Å². The molecule has 196 valence electrons. The monoisotopic (exact) mass is 505 g/mol. The number of amides is 1. The van der Waals surface area contributed by atoms with Gasteiger partial charge in [0.05, 0.1) is 0 Å². The summed E-state index contributed by atoms with van der Waals surface area (Å²) in [4.78, 5) is 31.7. The maximum absolute atomic E-state index is 12.7. The number of benzene rings is 2. The zero-order valence-electron chi connectivity index (χ0n) is 22.0. The Morgan fingerprint density at radius 2 is 1.76 bits per heavy atom. The lowest BCUT2D eigenvalue weighted by Gasteiger charge is -2.25. The van der Waals surface area contributed by atoms with E-state index in [-0.39, 0.29) is 12.5 Å². The van der Waals surface area contributed by atoms with Crippen LogP contribution in [0, 0.1) is 5.92 Å². The van der Waals surface area contributed by atoms with Gasteiger partial charge in [0.1, 0.15) is 30.6 Å². The van der Waals surface area contributed by atoms with Crippen LogP contribution in [0.2, 0.25) is 0 Å². The van der Waals surface area contributed by atoms with Gasteiger partial charge < -0.3 is 19.5 Å². The minimum absolute atomic E-state index is 0.0464. The van der Waals surface area contributed by atoms with Crippen molar-refractivity contribution in [3.63, 3.8) is 0 Å². The van der Waals surface area contributed by atoms with Gasteiger partial charge >= 0.3 is 6.09 Å². The molecule has 4 aromatic rings. The molecular weight excluding hydrogens is 470 g/mol. The molecule has 0 bridgehead atoms. The average Bonchev–Trinajstić information content (AvgIpc) is 3.48. The third-order valence-corrected chi connectivity index (χ3v) is 6.05. The number of para-hydroxylation sites is 1. The lowest BCUT2D eigenvalue weighted by molar-refractivity contribution is -0.313. The molecule has 0 unspecified atom stereocenters. The molecule has 4 rings (SSSR count). The molecule has 0 saturated carbocycles. The lowest BCUT2D eigenvalue weighted by Crippen LogP contribution is -2.37. The number of rotatable bonds is 10. The Balaban J connectivity index is 1.63. The molecule has 1 amide bonds. The predicted octanol–water partition coefficient (Wildman–Crippen LogP) is 7.08. The Hall–Kier alpha value is -3.62. The highest BCUT2D eigenvalue weighted by Gasteiger charge is 2.30. The van der Waals surface area contributed by atoms with E-state index in [0.717, 1.165) is 28.5 Å². The van der Waals surface area contributed by atoms with Crippen molar-refractivity contribution in [2.24, 2.45) is 5.92 Å². The van der Waals surface area contributed by atoms with Crippen LogP contribution in [0.25, 0.3) is 22.2 Å². The number of nitrogens with zero attached hydrogens (tertiary/aromatic N) is 1. The van der Waals surface area contributed by atoms with E-state index < -0.39 is 17.7 Å². The van der Waals surface area contributed by atoms with Crippen molar-refractivity contribution >= 4 is 17.0 Å². The summed E-state index contributed by atoms with van der Waals surface area (Å²) < 4.78 is 11.9. The molecule has 0 aliphatic carbocycles. The Morgan fingerprint density at radius 1 is 1.05 bits per heavy atom. The van der Waals surface area contributed by atoms with Crippen LogP contribution in [-0.4, -0.2) is 21.7 Å². The maximum Gasteiger partial charge on any atom is 0.408 e. The van der Waals surface area contributed by atoms with Gasteiger partial charge in [-0.3, -0.25) is 0 Å². The molecule has 0 aliphatic rings. The number of nitrogens with one attached hydrogen (secondary N) is 2. The van der Waals surface area contributed by atoms with Crippen LogP contribution >= 0.6 is 0 Å². The fourth-order valence-corrected chi connectivity index (χ4v) is 3.97.